The smallest absolute Gasteiger partial charge is 0.162 e. The second-order valence-electron chi connectivity index (χ2n) is 7.67. The number of imidazole rings is 1. The van der Waals surface area contributed by atoms with Gasteiger partial charge in [-0.1, -0.05) is 58.4 Å². The van der Waals surface area contributed by atoms with Gasteiger partial charge in [-0.2, -0.15) is 0 Å². The van der Waals surface area contributed by atoms with Crippen LogP contribution in [0.1, 0.15) is 5.56 Å². The summed E-state index contributed by atoms with van der Waals surface area (Å²) in [6, 6.07) is 25.4. The maximum atomic E-state index is 13.4. The van der Waals surface area contributed by atoms with Crippen LogP contribution >= 0.6 is 15.9 Å². The lowest BCUT2D eigenvalue weighted by Crippen LogP contribution is -2.01. The number of hydrogen-bond donors (Lipinski definition) is 0. The van der Waals surface area contributed by atoms with Crippen LogP contribution in [0.25, 0.3) is 38.7 Å². The topological polar surface area (TPSA) is 22.2 Å². The largest absolute Gasteiger partial charge is 0.333 e. The fraction of sp³-hybridized carbons (Fsp3) is 0.0385. The molecule has 3 heterocycles. The number of para-hydroxylation sites is 1. The zero-order valence-electron chi connectivity index (χ0n) is 16.5. The van der Waals surface area contributed by atoms with Crippen LogP contribution in [-0.2, 0) is 6.54 Å². The number of hydrogen-bond acceptors (Lipinski definition) is 1. The van der Waals surface area contributed by atoms with E-state index in [9.17, 15) is 4.39 Å². The van der Waals surface area contributed by atoms with Crippen molar-refractivity contribution in [1.29, 1.82) is 0 Å². The molecule has 0 aliphatic carbocycles. The van der Waals surface area contributed by atoms with E-state index in [1.165, 1.54) is 17.5 Å². The Morgan fingerprint density at radius 1 is 0.839 bits per heavy atom. The Balaban J connectivity index is 1.63. The summed E-state index contributed by atoms with van der Waals surface area (Å²) < 4.78 is 18.9. The normalized spacial score (nSPS) is 11.7. The zero-order chi connectivity index (χ0) is 20.9. The Bertz CT molecular complexity index is 1560. The molecule has 0 aliphatic heterocycles. The Labute approximate surface area is 186 Å². The third-order valence-corrected chi connectivity index (χ3v) is 6.28. The molecule has 3 nitrogen and oxygen atoms in total. The van der Waals surface area contributed by atoms with Crippen molar-refractivity contribution >= 4 is 43.4 Å². The van der Waals surface area contributed by atoms with Crippen LogP contribution in [-0.4, -0.2) is 14.0 Å². The Morgan fingerprint density at radius 3 is 2.42 bits per heavy atom. The molecule has 3 aromatic carbocycles. The monoisotopic (exact) mass is 469 g/mol. The summed E-state index contributed by atoms with van der Waals surface area (Å²) in [7, 11) is 0. The molecule has 6 aromatic rings. The molecule has 150 valence electrons. The van der Waals surface area contributed by atoms with Crippen LogP contribution in [0.15, 0.2) is 95.7 Å². The standard InChI is InChI=1S/C26H17BrFN3/c27-19-9-7-18(8-10-19)23-16-30-14-13-22-21-3-1-2-4-24(21)31(25(22)26(30)29-23)15-17-5-11-20(28)12-6-17/h1-14,16H,15H2. The summed E-state index contributed by atoms with van der Waals surface area (Å²) in [5.41, 5.74) is 6.18. The van der Waals surface area contributed by atoms with E-state index >= 15 is 0 Å². The van der Waals surface area contributed by atoms with E-state index in [4.69, 9.17) is 4.98 Å². The number of halogens is 2. The van der Waals surface area contributed by atoms with Gasteiger partial charge in [-0.3, -0.25) is 0 Å². The Morgan fingerprint density at radius 2 is 1.61 bits per heavy atom. The predicted molar refractivity (Wildman–Crippen MR) is 127 cm³/mol. The average molecular weight is 470 g/mol. The molecule has 0 atom stereocenters. The van der Waals surface area contributed by atoms with E-state index in [1.807, 2.05) is 24.3 Å². The highest BCUT2D eigenvalue weighted by atomic mass is 79.9. The van der Waals surface area contributed by atoms with Crippen LogP contribution in [0.5, 0.6) is 0 Å². The first-order valence-electron chi connectivity index (χ1n) is 10.1. The number of benzene rings is 3. The molecule has 0 bridgehead atoms. The van der Waals surface area contributed by atoms with Crippen molar-refractivity contribution < 1.29 is 4.39 Å². The van der Waals surface area contributed by atoms with Gasteiger partial charge < -0.3 is 8.97 Å². The van der Waals surface area contributed by atoms with Gasteiger partial charge in [-0.05, 0) is 42.0 Å². The minimum atomic E-state index is -0.222. The summed E-state index contributed by atoms with van der Waals surface area (Å²) in [4.78, 5) is 5.02. The summed E-state index contributed by atoms with van der Waals surface area (Å²) >= 11 is 3.50. The maximum Gasteiger partial charge on any atom is 0.162 e. The minimum Gasteiger partial charge on any atom is -0.333 e. The molecular weight excluding hydrogens is 453 g/mol. The zero-order valence-corrected chi connectivity index (χ0v) is 18.1. The quantitative estimate of drug-likeness (QED) is 0.272. The fourth-order valence-corrected chi connectivity index (χ4v) is 4.54. The van der Waals surface area contributed by atoms with Gasteiger partial charge in [0.2, 0.25) is 0 Å². The molecule has 31 heavy (non-hydrogen) atoms. The number of rotatable bonds is 3. The number of fused-ring (bicyclic) bond motifs is 5. The molecule has 3 aromatic heterocycles. The molecule has 0 fully saturated rings. The van der Waals surface area contributed by atoms with Gasteiger partial charge in [0.05, 0.1) is 11.2 Å². The van der Waals surface area contributed by atoms with Crippen LogP contribution < -0.4 is 0 Å². The van der Waals surface area contributed by atoms with E-state index in [0.717, 1.165) is 43.4 Å². The molecule has 0 unspecified atom stereocenters. The van der Waals surface area contributed by atoms with E-state index in [2.05, 4.69) is 79.8 Å². The number of aromatic nitrogens is 3. The maximum absolute atomic E-state index is 13.4. The molecule has 0 saturated heterocycles. The van der Waals surface area contributed by atoms with Gasteiger partial charge >= 0.3 is 0 Å². The van der Waals surface area contributed by atoms with Crippen LogP contribution in [0, 0.1) is 5.82 Å². The lowest BCUT2D eigenvalue weighted by atomic mass is 10.2. The van der Waals surface area contributed by atoms with Gasteiger partial charge in [0.15, 0.2) is 5.65 Å². The highest BCUT2D eigenvalue weighted by Gasteiger charge is 2.16. The minimum absolute atomic E-state index is 0.222. The first-order valence-corrected chi connectivity index (χ1v) is 10.9. The van der Waals surface area contributed by atoms with Crippen LogP contribution in [0.3, 0.4) is 0 Å². The third-order valence-electron chi connectivity index (χ3n) is 5.75. The highest BCUT2D eigenvalue weighted by Crippen LogP contribution is 2.33. The number of pyridine rings is 1. The van der Waals surface area contributed by atoms with E-state index < -0.39 is 0 Å². The lowest BCUT2D eigenvalue weighted by molar-refractivity contribution is 0.626. The summed E-state index contributed by atoms with van der Waals surface area (Å²) in [6.07, 6.45) is 4.14. The van der Waals surface area contributed by atoms with Crippen LogP contribution in [0.2, 0.25) is 0 Å². The van der Waals surface area contributed by atoms with Crippen molar-refractivity contribution in [2.75, 3.05) is 0 Å². The molecule has 5 heteroatoms. The van der Waals surface area contributed by atoms with Gasteiger partial charge in [0, 0.05) is 45.3 Å². The number of nitrogens with zero attached hydrogens (tertiary/aromatic N) is 3. The van der Waals surface area contributed by atoms with Crippen molar-refractivity contribution in [3.63, 3.8) is 0 Å². The first-order chi connectivity index (χ1) is 15.2. The third kappa shape index (κ3) is 3.04. The van der Waals surface area contributed by atoms with Crippen molar-refractivity contribution in [2.45, 2.75) is 6.54 Å². The molecule has 0 N–H and O–H groups in total. The fourth-order valence-electron chi connectivity index (χ4n) is 4.27. The molecule has 0 spiro atoms. The van der Waals surface area contributed by atoms with E-state index in [-0.39, 0.29) is 5.82 Å². The van der Waals surface area contributed by atoms with E-state index in [0.29, 0.717) is 6.54 Å². The Hall–Kier alpha value is -3.44. The molecular formula is C26H17BrFN3. The molecule has 6 rings (SSSR count). The highest BCUT2D eigenvalue weighted by molar-refractivity contribution is 9.10. The van der Waals surface area contributed by atoms with Gasteiger partial charge in [0.25, 0.3) is 0 Å². The van der Waals surface area contributed by atoms with Crippen molar-refractivity contribution in [3.05, 3.63) is 107 Å². The van der Waals surface area contributed by atoms with Gasteiger partial charge in [-0.25, -0.2) is 9.37 Å². The first kappa shape index (κ1) is 18.3. The summed E-state index contributed by atoms with van der Waals surface area (Å²) in [5, 5.41) is 2.36. The second kappa shape index (κ2) is 7.06. The van der Waals surface area contributed by atoms with Gasteiger partial charge in [-0.15, -0.1) is 0 Å². The second-order valence-corrected chi connectivity index (χ2v) is 8.59. The molecule has 0 radical (unpaired) electrons. The summed E-state index contributed by atoms with van der Waals surface area (Å²) in [5.74, 6) is -0.222. The Kier molecular flexibility index (Phi) is 4.18. The summed E-state index contributed by atoms with van der Waals surface area (Å²) in [6.45, 7) is 0.643. The van der Waals surface area contributed by atoms with Crippen molar-refractivity contribution in [2.24, 2.45) is 0 Å². The van der Waals surface area contributed by atoms with Crippen LogP contribution in [0.4, 0.5) is 4.39 Å². The molecule has 0 amide bonds. The van der Waals surface area contributed by atoms with Gasteiger partial charge in [0.1, 0.15) is 5.82 Å². The van der Waals surface area contributed by atoms with Crippen molar-refractivity contribution in [1.82, 2.24) is 14.0 Å². The molecule has 0 aliphatic rings. The SMILES string of the molecule is Fc1ccc(Cn2c3ccccc3c3ccn4cc(-c5ccc(Br)cc5)nc4c32)cc1. The lowest BCUT2D eigenvalue weighted by Gasteiger charge is -2.08. The molecule has 0 saturated carbocycles. The predicted octanol–water partition coefficient (Wildman–Crippen LogP) is 7.06. The van der Waals surface area contributed by atoms with E-state index in [1.54, 1.807) is 0 Å². The van der Waals surface area contributed by atoms with Crippen molar-refractivity contribution in [3.8, 4) is 11.3 Å². The average Bonchev–Trinajstić information content (AvgIpc) is 3.36.